The average molecular weight is 540 g/mol. The minimum absolute atomic E-state index is 0.0463. The molecule has 1 aromatic carbocycles. The van der Waals surface area contributed by atoms with Gasteiger partial charge in [-0.05, 0) is 93.6 Å². The summed E-state index contributed by atoms with van der Waals surface area (Å²) in [6.45, 7) is 0.130. The molecule has 1 unspecified atom stereocenters. The van der Waals surface area contributed by atoms with Crippen LogP contribution >= 0.6 is 0 Å². The zero-order valence-electron chi connectivity index (χ0n) is 21.3. The van der Waals surface area contributed by atoms with E-state index in [1.54, 1.807) is 0 Å². The molecule has 0 spiro atoms. The molecule has 208 valence electrons. The maximum atomic E-state index is 15.4. The highest BCUT2D eigenvalue weighted by Crippen LogP contribution is 2.60. The van der Waals surface area contributed by atoms with E-state index in [0.717, 1.165) is 62.8 Å². The molecule has 1 amide bonds. The van der Waals surface area contributed by atoms with Crippen molar-refractivity contribution in [2.75, 3.05) is 13.2 Å². The van der Waals surface area contributed by atoms with Gasteiger partial charge in [0.1, 0.15) is 17.1 Å². The van der Waals surface area contributed by atoms with E-state index in [1.807, 2.05) is 0 Å². The largest absolute Gasteiger partial charge is 0.493 e. The number of carboxylic acid groups (broad SMARTS) is 1. The molecule has 0 radical (unpaired) electrons. The minimum Gasteiger partial charge on any atom is -0.493 e. The molecule has 0 aromatic heterocycles. The Labute approximate surface area is 218 Å². The van der Waals surface area contributed by atoms with Gasteiger partial charge in [0.15, 0.2) is 5.60 Å². The molecule has 6 fully saturated rings. The lowest BCUT2D eigenvalue weighted by Crippen LogP contribution is -2.51. The Morgan fingerprint density at radius 3 is 2.16 bits per heavy atom. The zero-order chi connectivity index (χ0) is 27.3. The van der Waals surface area contributed by atoms with Gasteiger partial charge in [-0.25, -0.2) is 9.18 Å². The van der Waals surface area contributed by atoms with Gasteiger partial charge in [-0.1, -0.05) is 0 Å². The van der Waals surface area contributed by atoms with Crippen molar-refractivity contribution in [3.8, 4) is 5.75 Å². The van der Waals surface area contributed by atoms with Crippen LogP contribution in [0, 0.1) is 29.0 Å². The molecule has 1 saturated heterocycles. The van der Waals surface area contributed by atoms with Gasteiger partial charge in [-0.2, -0.15) is 13.2 Å². The normalized spacial score (nSPS) is 38.1. The van der Waals surface area contributed by atoms with E-state index < -0.39 is 53.5 Å². The lowest BCUT2D eigenvalue weighted by molar-refractivity contribution is -0.254. The highest BCUT2D eigenvalue weighted by molar-refractivity contribution is 5.99. The fraction of sp³-hybridized carbons (Fsp3) is 0.714. The van der Waals surface area contributed by atoms with Crippen LogP contribution < -0.4 is 4.74 Å². The minimum atomic E-state index is -5.16. The van der Waals surface area contributed by atoms with Crippen molar-refractivity contribution < 1.29 is 42.1 Å². The molecule has 1 aromatic rings. The Hall–Kier alpha value is -2.36. The number of ether oxygens (including phenoxy) is 1. The van der Waals surface area contributed by atoms with Gasteiger partial charge < -0.3 is 19.8 Å². The topological polar surface area (TPSA) is 87.1 Å². The first-order chi connectivity index (χ1) is 17.7. The molecule has 2 N–H and O–H groups in total. The number of rotatable bonds is 6. The van der Waals surface area contributed by atoms with Crippen LogP contribution in [0.3, 0.4) is 0 Å². The highest BCUT2D eigenvalue weighted by atomic mass is 19.4. The summed E-state index contributed by atoms with van der Waals surface area (Å²) in [5.41, 5.74) is -5.57. The van der Waals surface area contributed by atoms with Gasteiger partial charge in [0.2, 0.25) is 0 Å². The number of alkyl halides is 3. The lowest BCUT2D eigenvalue weighted by atomic mass is 9.50. The molecule has 6 nitrogen and oxygen atoms in total. The summed E-state index contributed by atoms with van der Waals surface area (Å²) >= 11 is 0. The molecule has 10 heteroatoms. The molecule has 38 heavy (non-hydrogen) atoms. The van der Waals surface area contributed by atoms with Crippen LogP contribution in [0.2, 0.25) is 0 Å². The second-order valence-corrected chi connectivity index (χ2v) is 13.0. The number of hydrogen-bond donors (Lipinski definition) is 2. The number of carboxylic acids is 1. The van der Waals surface area contributed by atoms with Crippen LogP contribution in [-0.4, -0.2) is 57.5 Å². The SMILES string of the molecule is C[C@@]1(C(=O)O)CC(O)(C(F)(F)F)CN1C(=O)c1cc(C2CC2)c(OCC23CC4CC(CC(C4)C2)C3)cc1F. The number of likely N-dealkylation sites (tertiary alicyclic amines) is 1. The lowest BCUT2D eigenvalue weighted by Gasteiger charge is -2.56. The summed E-state index contributed by atoms with van der Waals surface area (Å²) in [6.07, 6.45) is 2.42. The van der Waals surface area contributed by atoms with E-state index >= 15 is 4.39 Å². The van der Waals surface area contributed by atoms with Gasteiger partial charge in [-0.15, -0.1) is 0 Å². The Balaban J connectivity index is 1.28. The third-order valence-corrected chi connectivity index (χ3v) is 9.93. The summed E-state index contributed by atoms with van der Waals surface area (Å²) in [7, 11) is 0. The van der Waals surface area contributed by atoms with Crippen molar-refractivity contribution in [1.82, 2.24) is 4.90 Å². The van der Waals surface area contributed by atoms with Gasteiger partial charge in [0.05, 0.1) is 18.7 Å². The van der Waals surface area contributed by atoms with Crippen molar-refractivity contribution in [2.24, 2.45) is 23.2 Å². The molecule has 2 atom stereocenters. The molecule has 4 bridgehead atoms. The van der Waals surface area contributed by atoms with Crippen LogP contribution in [0.5, 0.6) is 5.75 Å². The fourth-order valence-electron chi connectivity index (χ4n) is 8.25. The van der Waals surface area contributed by atoms with E-state index in [0.29, 0.717) is 22.8 Å². The summed E-state index contributed by atoms with van der Waals surface area (Å²) in [5, 5.41) is 19.9. The van der Waals surface area contributed by atoms with Crippen molar-refractivity contribution in [3.05, 3.63) is 29.1 Å². The quantitative estimate of drug-likeness (QED) is 0.481. The summed E-state index contributed by atoms with van der Waals surface area (Å²) < 4.78 is 62.4. The van der Waals surface area contributed by atoms with Crippen LogP contribution in [-0.2, 0) is 4.79 Å². The summed E-state index contributed by atoms with van der Waals surface area (Å²) in [5.74, 6) is -1.30. The predicted octanol–water partition coefficient (Wildman–Crippen LogP) is 5.28. The average Bonchev–Trinajstić information content (AvgIpc) is 3.60. The van der Waals surface area contributed by atoms with Crippen LogP contribution in [0.15, 0.2) is 12.1 Å². The Morgan fingerprint density at radius 2 is 1.66 bits per heavy atom. The van der Waals surface area contributed by atoms with E-state index in [4.69, 9.17) is 4.74 Å². The number of benzene rings is 1. The van der Waals surface area contributed by atoms with Crippen molar-refractivity contribution in [3.63, 3.8) is 0 Å². The van der Waals surface area contributed by atoms with E-state index in [2.05, 4.69) is 0 Å². The van der Waals surface area contributed by atoms with Gasteiger partial charge >= 0.3 is 12.1 Å². The third-order valence-electron chi connectivity index (χ3n) is 9.93. The number of aliphatic carboxylic acids is 1. The van der Waals surface area contributed by atoms with E-state index in [-0.39, 0.29) is 11.3 Å². The summed E-state index contributed by atoms with van der Waals surface area (Å²) in [6, 6.07) is 2.45. The zero-order valence-corrected chi connectivity index (χ0v) is 21.3. The van der Waals surface area contributed by atoms with Crippen molar-refractivity contribution in [2.45, 2.75) is 87.9 Å². The Morgan fingerprint density at radius 1 is 1.08 bits per heavy atom. The van der Waals surface area contributed by atoms with Crippen LogP contribution in [0.4, 0.5) is 17.6 Å². The number of β-amino-alcohol motifs (C(OH)–C–C–N with tert-alkyl or cyclic N) is 1. The number of hydrogen-bond acceptors (Lipinski definition) is 4. The monoisotopic (exact) mass is 539 g/mol. The number of aliphatic hydroxyl groups is 1. The fourth-order valence-corrected chi connectivity index (χ4v) is 8.25. The first-order valence-electron chi connectivity index (χ1n) is 13.5. The smallest absolute Gasteiger partial charge is 0.419 e. The van der Waals surface area contributed by atoms with E-state index in [1.165, 1.54) is 25.3 Å². The van der Waals surface area contributed by atoms with Gasteiger partial charge in [0, 0.05) is 17.9 Å². The van der Waals surface area contributed by atoms with Gasteiger partial charge in [0.25, 0.3) is 5.91 Å². The second kappa shape index (κ2) is 8.32. The molecule has 1 aliphatic heterocycles. The van der Waals surface area contributed by atoms with Gasteiger partial charge in [-0.3, -0.25) is 4.79 Å². The first kappa shape index (κ1) is 25.9. The number of halogens is 4. The molecule has 6 aliphatic rings. The Bertz CT molecular complexity index is 1150. The number of nitrogens with zero attached hydrogens (tertiary/aromatic N) is 1. The maximum absolute atomic E-state index is 15.4. The molecular weight excluding hydrogens is 506 g/mol. The Kier molecular flexibility index (Phi) is 5.67. The number of carbonyl (C=O) groups is 2. The van der Waals surface area contributed by atoms with Crippen molar-refractivity contribution >= 4 is 11.9 Å². The standard InChI is InChI=1S/C28H33F4NO5/c1-25(24(35)36)12-27(37,28(30,31)32)13-33(25)23(34)20-7-19(18-2-3-18)22(8-21(20)29)38-14-26-9-15-4-16(10-26)6-17(5-15)11-26/h7-8,15-18,37H,2-6,9-14H2,1H3,(H,35,36)/t15?,16?,17?,25-,26?,27?/m0/s1. The predicted molar refractivity (Wildman–Crippen MR) is 127 cm³/mol. The second-order valence-electron chi connectivity index (χ2n) is 13.0. The third kappa shape index (κ3) is 4.09. The van der Waals surface area contributed by atoms with Crippen LogP contribution in [0.25, 0.3) is 0 Å². The molecular formula is C28H33F4NO5. The molecule has 7 rings (SSSR count). The van der Waals surface area contributed by atoms with Crippen LogP contribution in [0.1, 0.15) is 86.6 Å². The summed E-state index contributed by atoms with van der Waals surface area (Å²) in [4.78, 5) is 25.8. The molecule has 5 saturated carbocycles. The highest BCUT2D eigenvalue weighted by Gasteiger charge is 2.67. The number of amides is 1. The molecule has 5 aliphatic carbocycles. The van der Waals surface area contributed by atoms with Crippen molar-refractivity contribution in [1.29, 1.82) is 0 Å². The number of carbonyl (C=O) groups excluding carboxylic acids is 1. The first-order valence-corrected chi connectivity index (χ1v) is 13.5. The van der Waals surface area contributed by atoms with E-state index in [9.17, 15) is 33.0 Å². The maximum Gasteiger partial charge on any atom is 0.419 e. The molecule has 1 heterocycles.